The maximum Gasteiger partial charge on any atom is 0.326 e. The molecule has 27 heavy (non-hydrogen) atoms. The number of pyridine rings is 1. The van der Waals surface area contributed by atoms with Crippen molar-refractivity contribution in [1.82, 2.24) is 20.9 Å². The number of aliphatic hydroxyl groups is 1. The molecule has 1 atom stereocenters. The van der Waals surface area contributed by atoms with Crippen LogP contribution in [-0.2, 0) is 16.1 Å². The van der Waals surface area contributed by atoms with Gasteiger partial charge in [-0.1, -0.05) is 19.9 Å². The van der Waals surface area contributed by atoms with E-state index in [0.29, 0.717) is 5.69 Å². The Bertz CT molecular complexity index is 736. The highest BCUT2D eigenvalue weighted by Gasteiger charge is 2.26. The Kier molecular flexibility index (Phi) is 8.49. The Morgan fingerprint density at radius 3 is 2.48 bits per heavy atom. The fourth-order valence-corrected chi connectivity index (χ4v) is 2.10. The Hall–Kier alpha value is -2.85. The van der Waals surface area contributed by atoms with Crippen molar-refractivity contribution in [2.75, 3.05) is 6.73 Å². The van der Waals surface area contributed by atoms with Gasteiger partial charge in [0.15, 0.2) is 11.5 Å². The Labute approximate surface area is 155 Å². The molecule has 1 rings (SSSR count). The number of nitrogens with one attached hydrogen (secondary N) is 3. The van der Waals surface area contributed by atoms with Crippen LogP contribution in [-0.4, -0.2) is 45.8 Å². The Balaban J connectivity index is 2.93. The Morgan fingerprint density at radius 2 is 1.96 bits per heavy atom. The molecule has 2 amide bonds. The van der Waals surface area contributed by atoms with Crippen molar-refractivity contribution in [3.63, 3.8) is 0 Å². The highest BCUT2D eigenvalue weighted by molar-refractivity contribution is 6.03. The van der Waals surface area contributed by atoms with E-state index in [-0.39, 0.29) is 24.9 Å². The number of hydrogen-bond acceptors (Lipinski definition) is 6. The molecule has 0 bridgehead atoms. The number of amides is 2. The second kappa shape index (κ2) is 10.3. The molecule has 1 aromatic heterocycles. The van der Waals surface area contributed by atoms with Gasteiger partial charge in [0.1, 0.15) is 11.7 Å². The van der Waals surface area contributed by atoms with E-state index in [1.165, 1.54) is 19.1 Å². The quantitative estimate of drug-likeness (QED) is 0.302. The fraction of sp³-hybridized carbons (Fsp3) is 0.412. The molecule has 0 aliphatic rings. The van der Waals surface area contributed by atoms with Gasteiger partial charge in [-0.2, -0.15) is 0 Å². The summed E-state index contributed by atoms with van der Waals surface area (Å²) in [5.41, 5.74) is -0.446. The van der Waals surface area contributed by atoms with E-state index in [0.717, 1.165) is 6.07 Å². The van der Waals surface area contributed by atoms with Gasteiger partial charge in [0.05, 0.1) is 12.4 Å². The van der Waals surface area contributed by atoms with Crippen LogP contribution in [0.25, 0.3) is 0 Å². The average Bonchev–Trinajstić information content (AvgIpc) is 2.62. The van der Waals surface area contributed by atoms with Crippen molar-refractivity contribution < 1.29 is 29.0 Å². The molecule has 0 aliphatic heterocycles. The number of carbonyl (C=O) groups excluding carboxylic acids is 2. The smallest absolute Gasteiger partial charge is 0.326 e. The largest absolute Gasteiger partial charge is 0.480 e. The number of rotatable bonds is 9. The van der Waals surface area contributed by atoms with Crippen molar-refractivity contribution in [2.24, 2.45) is 5.92 Å². The van der Waals surface area contributed by atoms with Crippen molar-refractivity contribution in [3.8, 4) is 0 Å². The molecule has 0 saturated carbocycles. The minimum absolute atomic E-state index is 0.114. The molecule has 0 radical (unpaired) electrons. The molecule has 0 aliphatic carbocycles. The summed E-state index contributed by atoms with van der Waals surface area (Å²) >= 11 is 0. The number of carbonyl (C=O) groups is 3. The van der Waals surface area contributed by atoms with Crippen LogP contribution in [0, 0.1) is 11.7 Å². The molecule has 148 valence electrons. The fourth-order valence-electron chi connectivity index (χ4n) is 2.10. The maximum absolute atomic E-state index is 13.9. The topological polar surface area (TPSA) is 141 Å². The molecule has 10 heteroatoms. The SMILES string of the molecule is C/C=C(\NC(=O)c1nc(CNCO)ccc1F)C(=O)N[C@H](C(=O)O)C(C)C. The lowest BCUT2D eigenvalue weighted by Gasteiger charge is -2.19. The number of aliphatic hydroxyl groups excluding tert-OH is 1. The summed E-state index contributed by atoms with van der Waals surface area (Å²) in [4.78, 5) is 39.6. The number of carboxylic acids is 1. The monoisotopic (exact) mass is 382 g/mol. The molecule has 1 heterocycles. The van der Waals surface area contributed by atoms with Crippen LogP contribution < -0.4 is 16.0 Å². The second-order valence-electron chi connectivity index (χ2n) is 5.91. The zero-order valence-corrected chi connectivity index (χ0v) is 15.2. The minimum atomic E-state index is -1.21. The highest BCUT2D eigenvalue weighted by atomic mass is 19.1. The number of aliphatic carboxylic acids is 1. The van der Waals surface area contributed by atoms with E-state index < -0.39 is 35.3 Å². The van der Waals surface area contributed by atoms with Crippen molar-refractivity contribution in [1.29, 1.82) is 0 Å². The highest BCUT2D eigenvalue weighted by Crippen LogP contribution is 2.08. The van der Waals surface area contributed by atoms with Crippen LogP contribution in [0.5, 0.6) is 0 Å². The average molecular weight is 382 g/mol. The van der Waals surface area contributed by atoms with Gasteiger partial charge in [-0.05, 0) is 25.0 Å². The predicted molar refractivity (Wildman–Crippen MR) is 93.7 cm³/mol. The molecular weight excluding hydrogens is 359 g/mol. The van der Waals surface area contributed by atoms with Gasteiger partial charge in [0.2, 0.25) is 0 Å². The van der Waals surface area contributed by atoms with Gasteiger partial charge >= 0.3 is 5.97 Å². The van der Waals surface area contributed by atoms with Crippen LogP contribution in [0.4, 0.5) is 4.39 Å². The summed E-state index contributed by atoms with van der Waals surface area (Å²) in [5, 5.41) is 25.0. The lowest BCUT2D eigenvalue weighted by atomic mass is 10.0. The number of aromatic nitrogens is 1. The number of hydrogen-bond donors (Lipinski definition) is 5. The first-order chi connectivity index (χ1) is 12.7. The molecule has 9 nitrogen and oxygen atoms in total. The summed E-state index contributed by atoms with van der Waals surface area (Å²) in [6.45, 7) is 4.51. The maximum atomic E-state index is 13.9. The minimum Gasteiger partial charge on any atom is -0.480 e. The van der Waals surface area contributed by atoms with Crippen LogP contribution in [0.15, 0.2) is 23.9 Å². The predicted octanol–water partition coefficient (Wildman–Crippen LogP) is 0.119. The standard InChI is InChI=1S/C17H23FN4O5/c1-4-12(15(24)22-13(9(2)3)17(26)27)21-16(25)14-11(18)6-5-10(20-14)7-19-8-23/h4-6,9,13,19,23H,7-8H2,1-3H3,(H,21,25)(H,22,24)(H,26,27)/b12-4-/t13-/m0/s1. The third kappa shape index (κ3) is 6.42. The molecule has 0 aromatic carbocycles. The molecular formula is C17H23FN4O5. The zero-order chi connectivity index (χ0) is 20.6. The van der Waals surface area contributed by atoms with Gasteiger partial charge in [-0.15, -0.1) is 0 Å². The van der Waals surface area contributed by atoms with E-state index in [2.05, 4.69) is 20.9 Å². The number of nitrogens with zero attached hydrogens (tertiary/aromatic N) is 1. The summed E-state index contributed by atoms with van der Waals surface area (Å²) in [5.74, 6) is -4.25. The van der Waals surface area contributed by atoms with E-state index in [1.54, 1.807) is 13.8 Å². The van der Waals surface area contributed by atoms with Crippen molar-refractivity contribution >= 4 is 17.8 Å². The van der Waals surface area contributed by atoms with Crippen molar-refractivity contribution in [2.45, 2.75) is 33.4 Å². The van der Waals surface area contributed by atoms with Crippen molar-refractivity contribution in [3.05, 3.63) is 41.1 Å². The van der Waals surface area contributed by atoms with Gasteiger partial charge in [0.25, 0.3) is 11.8 Å². The first-order valence-corrected chi connectivity index (χ1v) is 8.19. The molecule has 1 aromatic rings. The molecule has 0 fully saturated rings. The lowest BCUT2D eigenvalue weighted by molar-refractivity contribution is -0.142. The Morgan fingerprint density at radius 1 is 1.30 bits per heavy atom. The van der Waals surface area contributed by atoms with E-state index >= 15 is 0 Å². The van der Waals surface area contributed by atoms with Gasteiger partial charge in [0, 0.05) is 6.54 Å². The summed E-state index contributed by atoms with van der Waals surface area (Å²) < 4.78 is 13.9. The number of allylic oxidation sites excluding steroid dienone is 1. The normalized spacial score (nSPS) is 12.6. The molecule has 5 N–H and O–H groups in total. The third-order valence-corrected chi connectivity index (χ3v) is 3.54. The van der Waals surface area contributed by atoms with Gasteiger partial charge in [-0.3, -0.25) is 14.9 Å². The third-order valence-electron chi connectivity index (χ3n) is 3.54. The van der Waals surface area contributed by atoms with Crippen LogP contribution in [0.1, 0.15) is 37.0 Å². The zero-order valence-electron chi connectivity index (χ0n) is 15.2. The summed E-state index contributed by atoms with van der Waals surface area (Å²) in [6, 6.07) is 1.25. The number of halogens is 1. The van der Waals surface area contributed by atoms with Gasteiger partial charge < -0.3 is 20.8 Å². The molecule has 0 spiro atoms. The van der Waals surface area contributed by atoms with Gasteiger partial charge in [-0.25, -0.2) is 14.2 Å². The molecule has 0 unspecified atom stereocenters. The lowest BCUT2D eigenvalue weighted by Crippen LogP contribution is -2.47. The number of carboxylic acid groups (broad SMARTS) is 1. The van der Waals surface area contributed by atoms with E-state index in [1.807, 2.05) is 0 Å². The van der Waals surface area contributed by atoms with E-state index in [4.69, 9.17) is 10.2 Å². The first-order valence-electron chi connectivity index (χ1n) is 8.19. The first kappa shape index (κ1) is 22.2. The van der Waals surface area contributed by atoms with E-state index in [9.17, 15) is 18.8 Å². The van der Waals surface area contributed by atoms with Crippen LogP contribution in [0.3, 0.4) is 0 Å². The van der Waals surface area contributed by atoms with Crippen LogP contribution >= 0.6 is 0 Å². The van der Waals surface area contributed by atoms with Crippen LogP contribution in [0.2, 0.25) is 0 Å². The second-order valence-corrected chi connectivity index (χ2v) is 5.91. The summed E-state index contributed by atoms with van der Waals surface area (Å²) in [6.07, 6.45) is 1.27. The molecule has 0 saturated heterocycles. The summed E-state index contributed by atoms with van der Waals surface area (Å²) in [7, 11) is 0.